The number of Topliss-reactive ketones (excluding diaryl/α,β-unsaturated/α-hetero) is 1. The molecule has 1 heterocycles. The minimum absolute atomic E-state index is 0.165. The van der Waals surface area contributed by atoms with Gasteiger partial charge in [-0.15, -0.1) is 0 Å². The average Bonchev–Trinajstić information content (AvgIpc) is 2.31. The van der Waals surface area contributed by atoms with E-state index in [1.807, 2.05) is 0 Å². The maximum atomic E-state index is 12.0. The van der Waals surface area contributed by atoms with Crippen LogP contribution in [0.2, 0.25) is 0 Å². The molecule has 0 aromatic rings. The largest absolute Gasteiger partial charge is 0.401 e. The van der Waals surface area contributed by atoms with Gasteiger partial charge in [0.05, 0.1) is 12.6 Å². The van der Waals surface area contributed by atoms with E-state index in [2.05, 4.69) is 0 Å². The number of nitrogens with zero attached hydrogens (tertiary/aromatic N) is 1. The highest BCUT2D eigenvalue weighted by molar-refractivity contribution is 5.81. The van der Waals surface area contributed by atoms with Gasteiger partial charge in [0.25, 0.3) is 0 Å². The number of ketones is 1. The molecule has 0 aromatic carbocycles. The number of hydrogen-bond acceptors (Lipinski definition) is 2. The van der Waals surface area contributed by atoms with Gasteiger partial charge in [-0.05, 0) is 26.3 Å². The second kappa shape index (κ2) is 3.65. The molecule has 0 N–H and O–H groups in total. The quantitative estimate of drug-likeness (QED) is 0.667. The Morgan fingerprint density at radius 1 is 1.54 bits per heavy atom. The van der Waals surface area contributed by atoms with Crippen molar-refractivity contribution in [3.8, 4) is 0 Å². The molecule has 2 nitrogen and oxygen atoms in total. The van der Waals surface area contributed by atoms with Gasteiger partial charge in [-0.1, -0.05) is 0 Å². The highest BCUT2D eigenvalue weighted by Gasteiger charge is 2.37. The lowest BCUT2D eigenvalue weighted by molar-refractivity contribution is -0.150. The Morgan fingerprint density at radius 2 is 2.15 bits per heavy atom. The summed E-state index contributed by atoms with van der Waals surface area (Å²) in [6, 6.07) is -0.512. The van der Waals surface area contributed by atoms with Crippen LogP contribution >= 0.6 is 0 Å². The number of rotatable bonds is 2. The van der Waals surface area contributed by atoms with Crippen molar-refractivity contribution in [1.29, 1.82) is 0 Å². The van der Waals surface area contributed by atoms with E-state index in [1.165, 1.54) is 11.8 Å². The summed E-state index contributed by atoms with van der Waals surface area (Å²) in [5.41, 5.74) is 0. The Bertz CT molecular complexity index is 202. The Morgan fingerprint density at radius 3 is 2.62 bits per heavy atom. The van der Waals surface area contributed by atoms with Crippen LogP contribution in [0.4, 0.5) is 13.2 Å². The first-order chi connectivity index (χ1) is 5.90. The fourth-order valence-corrected chi connectivity index (χ4v) is 1.71. The second-order valence-corrected chi connectivity index (χ2v) is 3.35. The SMILES string of the molecule is CC(=O)[C@@H]1CCCN1CC(F)(F)F. The van der Waals surface area contributed by atoms with Gasteiger partial charge in [-0.25, -0.2) is 0 Å². The summed E-state index contributed by atoms with van der Waals surface area (Å²) in [6.45, 7) is 0.764. The molecule has 1 atom stereocenters. The van der Waals surface area contributed by atoms with Gasteiger partial charge in [0, 0.05) is 0 Å². The van der Waals surface area contributed by atoms with Crippen molar-refractivity contribution in [2.45, 2.75) is 32.0 Å². The Balaban J connectivity index is 2.54. The molecule has 5 heteroatoms. The summed E-state index contributed by atoms with van der Waals surface area (Å²) in [7, 11) is 0. The second-order valence-electron chi connectivity index (χ2n) is 3.35. The number of carbonyl (C=O) groups is 1. The molecule has 13 heavy (non-hydrogen) atoms. The minimum atomic E-state index is -4.20. The van der Waals surface area contributed by atoms with E-state index in [1.54, 1.807) is 0 Å². The van der Waals surface area contributed by atoms with E-state index in [4.69, 9.17) is 0 Å². The third-order valence-corrected chi connectivity index (χ3v) is 2.22. The Hall–Kier alpha value is -0.580. The van der Waals surface area contributed by atoms with Gasteiger partial charge in [-0.2, -0.15) is 13.2 Å². The smallest absolute Gasteiger partial charge is 0.298 e. The average molecular weight is 195 g/mol. The van der Waals surface area contributed by atoms with E-state index >= 15 is 0 Å². The highest BCUT2D eigenvalue weighted by atomic mass is 19.4. The maximum absolute atomic E-state index is 12.0. The standard InChI is InChI=1S/C8H12F3NO/c1-6(13)7-3-2-4-12(7)5-8(9,10)11/h7H,2-5H2,1H3/t7-/m0/s1. The van der Waals surface area contributed by atoms with Gasteiger partial charge >= 0.3 is 6.18 Å². The fourth-order valence-electron chi connectivity index (χ4n) is 1.71. The molecule has 0 amide bonds. The first kappa shape index (κ1) is 10.5. The lowest BCUT2D eigenvalue weighted by atomic mass is 10.1. The summed E-state index contributed by atoms with van der Waals surface area (Å²) in [4.78, 5) is 12.1. The third-order valence-electron chi connectivity index (χ3n) is 2.22. The number of likely N-dealkylation sites (tertiary alicyclic amines) is 1. The molecule has 0 saturated carbocycles. The van der Waals surface area contributed by atoms with Crippen LogP contribution in [0.15, 0.2) is 0 Å². The van der Waals surface area contributed by atoms with Crippen LogP contribution in [0.5, 0.6) is 0 Å². The molecule has 1 rings (SSSR count). The number of carbonyl (C=O) groups excluding carboxylic acids is 1. The van der Waals surface area contributed by atoms with Crippen LogP contribution in [-0.4, -0.2) is 36.0 Å². The summed E-state index contributed by atoms with van der Waals surface area (Å²) in [5.74, 6) is -0.165. The predicted octanol–water partition coefficient (Wildman–Crippen LogP) is 1.60. The van der Waals surface area contributed by atoms with Crippen LogP contribution in [0.3, 0.4) is 0 Å². The molecule has 0 radical (unpaired) electrons. The third kappa shape index (κ3) is 2.99. The molecule has 1 aliphatic rings. The molecular weight excluding hydrogens is 183 g/mol. The van der Waals surface area contributed by atoms with Crippen molar-refractivity contribution in [2.75, 3.05) is 13.1 Å². The van der Waals surface area contributed by atoms with Crippen LogP contribution in [-0.2, 0) is 4.79 Å². The van der Waals surface area contributed by atoms with Gasteiger partial charge in [-0.3, -0.25) is 9.69 Å². The van der Waals surface area contributed by atoms with Crippen LogP contribution < -0.4 is 0 Å². The molecular formula is C8H12F3NO. The normalized spacial score (nSPS) is 25.1. The maximum Gasteiger partial charge on any atom is 0.401 e. The molecule has 1 aliphatic heterocycles. The van der Waals surface area contributed by atoms with E-state index in [-0.39, 0.29) is 5.78 Å². The van der Waals surface area contributed by atoms with Crippen molar-refractivity contribution >= 4 is 5.78 Å². The van der Waals surface area contributed by atoms with Crippen molar-refractivity contribution in [3.63, 3.8) is 0 Å². The fraction of sp³-hybridized carbons (Fsp3) is 0.875. The van der Waals surface area contributed by atoms with E-state index in [0.717, 1.165) is 0 Å². The van der Waals surface area contributed by atoms with Crippen molar-refractivity contribution in [1.82, 2.24) is 4.90 Å². The molecule has 1 fully saturated rings. The molecule has 0 unspecified atom stereocenters. The van der Waals surface area contributed by atoms with Crippen LogP contribution in [0, 0.1) is 0 Å². The van der Waals surface area contributed by atoms with Gasteiger partial charge in [0.15, 0.2) is 0 Å². The Labute approximate surface area is 74.7 Å². The zero-order valence-corrected chi connectivity index (χ0v) is 7.40. The molecule has 0 aliphatic carbocycles. The summed E-state index contributed by atoms with van der Waals surface area (Å²) in [6.07, 6.45) is -2.95. The zero-order chi connectivity index (χ0) is 10.1. The minimum Gasteiger partial charge on any atom is -0.298 e. The lowest BCUT2D eigenvalue weighted by Gasteiger charge is -2.23. The number of alkyl halides is 3. The Kier molecular flexibility index (Phi) is 2.95. The van der Waals surface area contributed by atoms with Crippen molar-refractivity contribution < 1.29 is 18.0 Å². The number of halogens is 3. The molecule has 0 bridgehead atoms. The molecule has 76 valence electrons. The molecule has 0 spiro atoms. The van der Waals surface area contributed by atoms with Gasteiger partial charge < -0.3 is 0 Å². The van der Waals surface area contributed by atoms with Crippen LogP contribution in [0.25, 0.3) is 0 Å². The van der Waals surface area contributed by atoms with E-state index < -0.39 is 18.8 Å². The van der Waals surface area contributed by atoms with E-state index in [0.29, 0.717) is 19.4 Å². The summed E-state index contributed by atoms with van der Waals surface area (Å²) >= 11 is 0. The summed E-state index contributed by atoms with van der Waals surface area (Å²) < 4.78 is 36.0. The topological polar surface area (TPSA) is 20.3 Å². The van der Waals surface area contributed by atoms with Gasteiger partial charge in [0.1, 0.15) is 5.78 Å². The molecule has 0 aromatic heterocycles. The van der Waals surface area contributed by atoms with Crippen molar-refractivity contribution in [3.05, 3.63) is 0 Å². The first-order valence-corrected chi connectivity index (χ1v) is 4.21. The monoisotopic (exact) mass is 195 g/mol. The van der Waals surface area contributed by atoms with Crippen molar-refractivity contribution in [2.24, 2.45) is 0 Å². The highest BCUT2D eigenvalue weighted by Crippen LogP contribution is 2.24. The molecule has 1 saturated heterocycles. The van der Waals surface area contributed by atoms with Crippen LogP contribution in [0.1, 0.15) is 19.8 Å². The van der Waals surface area contributed by atoms with Gasteiger partial charge in [0.2, 0.25) is 0 Å². The predicted molar refractivity (Wildman–Crippen MR) is 41.3 cm³/mol. The number of hydrogen-bond donors (Lipinski definition) is 0. The first-order valence-electron chi connectivity index (χ1n) is 4.21. The zero-order valence-electron chi connectivity index (χ0n) is 7.40. The van der Waals surface area contributed by atoms with E-state index in [9.17, 15) is 18.0 Å². The summed E-state index contributed by atoms with van der Waals surface area (Å²) in [5, 5.41) is 0. The lowest BCUT2D eigenvalue weighted by Crippen LogP contribution is -2.40.